The van der Waals surface area contributed by atoms with Gasteiger partial charge in [0, 0.05) is 38.9 Å². The van der Waals surface area contributed by atoms with Crippen LogP contribution in [-0.4, -0.2) is 50.8 Å². The van der Waals surface area contributed by atoms with E-state index in [4.69, 9.17) is 4.74 Å². The predicted molar refractivity (Wildman–Crippen MR) is 69.0 cm³/mol. The van der Waals surface area contributed by atoms with Gasteiger partial charge in [-0.2, -0.15) is 0 Å². The third-order valence-electron chi connectivity index (χ3n) is 5.09. The van der Waals surface area contributed by atoms with Crippen molar-refractivity contribution in [3.05, 3.63) is 0 Å². The highest BCUT2D eigenvalue weighted by molar-refractivity contribution is 4.94. The molecule has 3 fully saturated rings. The van der Waals surface area contributed by atoms with E-state index in [1.54, 1.807) is 0 Å². The molecule has 3 nitrogen and oxygen atoms in total. The van der Waals surface area contributed by atoms with Crippen LogP contribution in [0.1, 0.15) is 25.7 Å². The Hall–Kier alpha value is -0.120. The fourth-order valence-corrected chi connectivity index (χ4v) is 4.08. The molecular formula is C14H26N2O. The lowest BCUT2D eigenvalue weighted by atomic mass is 10.00. The summed E-state index contributed by atoms with van der Waals surface area (Å²) in [7, 11) is 2.12. The molecule has 2 heterocycles. The predicted octanol–water partition coefficient (Wildman–Crippen LogP) is 1.34. The van der Waals surface area contributed by atoms with Gasteiger partial charge in [0.1, 0.15) is 0 Å². The zero-order valence-corrected chi connectivity index (χ0v) is 11.0. The van der Waals surface area contributed by atoms with E-state index in [2.05, 4.69) is 17.3 Å². The summed E-state index contributed by atoms with van der Waals surface area (Å²) in [4.78, 5) is 2.73. The molecule has 0 spiro atoms. The number of hydrogen-bond donors (Lipinski definition) is 1. The zero-order chi connectivity index (χ0) is 11.7. The SMILES string of the molecule is CNC1C[C@@H]2CN(CC3CCOCC3)C[C@H]2C1. The van der Waals surface area contributed by atoms with Crippen LogP contribution < -0.4 is 5.32 Å². The van der Waals surface area contributed by atoms with Crippen LogP contribution in [0.15, 0.2) is 0 Å². The molecule has 0 unspecified atom stereocenters. The van der Waals surface area contributed by atoms with E-state index in [-0.39, 0.29) is 0 Å². The first-order chi connectivity index (χ1) is 8.35. The van der Waals surface area contributed by atoms with Crippen LogP contribution in [0.5, 0.6) is 0 Å². The molecule has 0 radical (unpaired) electrons. The Bertz CT molecular complexity index is 239. The van der Waals surface area contributed by atoms with Crippen molar-refractivity contribution >= 4 is 0 Å². The van der Waals surface area contributed by atoms with Crippen molar-refractivity contribution in [2.24, 2.45) is 17.8 Å². The Kier molecular flexibility index (Phi) is 3.69. The molecule has 0 aromatic rings. The van der Waals surface area contributed by atoms with Gasteiger partial charge in [-0.3, -0.25) is 0 Å². The smallest absolute Gasteiger partial charge is 0.0469 e. The van der Waals surface area contributed by atoms with E-state index < -0.39 is 0 Å². The van der Waals surface area contributed by atoms with Crippen molar-refractivity contribution in [3.8, 4) is 0 Å². The van der Waals surface area contributed by atoms with E-state index >= 15 is 0 Å². The molecule has 0 aromatic heterocycles. The minimum atomic E-state index is 0.801. The molecule has 3 aliphatic rings. The second kappa shape index (κ2) is 5.25. The molecule has 0 aromatic carbocycles. The van der Waals surface area contributed by atoms with Crippen LogP contribution in [0.3, 0.4) is 0 Å². The van der Waals surface area contributed by atoms with Gasteiger partial charge in [0.05, 0.1) is 0 Å². The number of fused-ring (bicyclic) bond motifs is 1. The molecule has 98 valence electrons. The quantitative estimate of drug-likeness (QED) is 0.803. The Labute approximate surface area is 105 Å². The number of nitrogens with zero attached hydrogens (tertiary/aromatic N) is 1. The van der Waals surface area contributed by atoms with E-state index in [0.717, 1.165) is 37.0 Å². The molecule has 17 heavy (non-hydrogen) atoms. The average molecular weight is 238 g/mol. The zero-order valence-electron chi connectivity index (χ0n) is 11.0. The van der Waals surface area contributed by atoms with Crippen molar-refractivity contribution in [1.29, 1.82) is 0 Å². The number of hydrogen-bond acceptors (Lipinski definition) is 3. The summed E-state index contributed by atoms with van der Waals surface area (Å²) >= 11 is 0. The average Bonchev–Trinajstić information content (AvgIpc) is 2.87. The van der Waals surface area contributed by atoms with Crippen LogP contribution in [0.4, 0.5) is 0 Å². The number of ether oxygens (including phenoxy) is 1. The minimum absolute atomic E-state index is 0.801. The van der Waals surface area contributed by atoms with E-state index in [1.165, 1.54) is 45.3 Å². The van der Waals surface area contributed by atoms with Crippen molar-refractivity contribution < 1.29 is 4.74 Å². The van der Waals surface area contributed by atoms with Crippen molar-refractivity contribution in [3.63, 3.8) is 0 Å². The molecular weight excluding hydrogens is 212 g/mol. The van der Waals surface area contributed by atoms with Crippen molar-refractivity contribution in [1.82, 2.24) is 10.2 Å². The molecule has 2 atom stereocenters. The van der Waals surface area contributed by atoms with Gasteiger partial charge in [-0.25, -0.2) is 0 Å². The lowest BCUT2D eigenvalue weighted by Gasteiger charge is -2.27. The Morgan fingerprint density at radius 3 is 2.35 bits per heavy atom. The van der Waals surface area contributed by atoms with Crippen LogP contribution >= 0.6 is 0 Å². The van der Waals surface area contributed by atoms with Gasteiger partial charge in [0.25, 0.3) is 0 Å². The lowest BCUT2D eigenvalue weighted by molar-refractivity contribution is 0.0545. The highest BCUT2D eigenvalue weighted by atomic mass is 16.5. The summed E-state index contributed by atoms with van der Waals surface area (Å²) in [6.45, 7) is 6.04. The molecule has 0 amide bonds. The van der Waals surface area contributed by atoms with Crippen molar-refractivity contribution in [2.75, 3.05) is 39.9 Å². The number of rotatable bonds is 3. The van der Waals surface area contributed by atoms with Gasteiger partial charge in [0.15, 0.2) is 0 Å². The first kappa shape index (κ1) is 11.9. The van der Waals surface area contributed by atoms with E-state index in [1.807, 2.05) is 0 Å². The van der Waals surface area contributed by atoms with Gasteiger partial charge in [-0.05, 0) is 50.5 Å². The normalized spacial score (nSPS) is 36.5. The second-order valence-corrected chi connectivity index (χ2v) is 6.25. The highest BCUT2D eigenvalue weighted by Gasteiger charge is 2.40. The first-order valence-corrected chi connectivity index (χ1v) is 7.32. The second-order valence-electron chi connectivity index (χ2n) is 6.25. The number of nitrogens with one attached hydrogen (secondary N) is 1. The Morgan fingerprint density at radius 2 is 1.76 bits per heavy atom. The molecule has 3 heteroatoms. The molecule has 3 rings (SSSR count). The molecule has 1 aliphatic carbocycles. The standard InChI is InChI=1S/C14H26N2O/c1-15-14-6-12-9-16(10-13(12)7-14)8-11-2-4-17-5-3-11/h11-15H,2-10H2,1H3/t12-,13-/m1/s1. The topological polar surface area (TPSA) is 24.5 Å². The van der Waals surface area contributed by atoms with Gasteiger partial charge < -0.3 is 15.0 Å². The Morgan fingerprint density at radius 1 is 1.12 bits per heavy atom. The van der Waals surface area contributed by atoms with Gasteiger partial charge in [0.2, 0.25) is 0 Å². The Balaban J connectivity index is 1.46. The molecule has 1 N–H and O–H groups in total. The summed E-state index contributed by atoms with van der Waals surface area (Å²) in [6.07, 6.45) is 5.38. The first-order valence-electron chi connectivity index (χ1n) is 7.32. The van der Waals surface area contributed by atoms with Crippen molar-refractivity contribution in [2.45, 2.75) is 31.7 Å². The molecule has 0 bridgehead atoms. The van der Waals surface area contributed by atoms with Gasteiger partial charge in [-0.15, -0.1) is 0 Å². The van der Waals surface area contributed by atoms with Crippen LogP contribution in [0.2, 0.25) is 0 Å². The maximum atomic E-state index is 5.44. The van der Waals surface area contributed by atoms with Crippen LogP contribution in [0, 0.1) is 17.8 Å². The van der Waals surface area contributed by atoms with Gasteiger partial charge >= 0.3 is 0 Å². The lowest BCUT2D eigenvalue weighted by Crippen LogP contribution is -2.33. The number of likely N-dealkylation sites (tertiary alicyclic amines) is 1. The largest absolute Gasteiger partial charge is 0.381 e. The third kappa shape index (κ3) is 2.67. The summed E-state index contributed by atoms with van der Waals surface area (Å²) in [5.74, 6) is 2.86. The fraction of sp³-hybridized carbons (Fsp3) is 1.00. The fourth-order valence-electron chi connectivity index (χ4n) is 4.08. The summed E-state index contributed by atoms with van der Waals surface area (Å²) in [5, 5.41) is 3.45. The van der Waals surface area contributed by atoms with E-state index in [0.29, 0.717) is 0 Å². The molecule has 2 saturated heterocycles. The highest BCUT2D eigenvalue weighted by Crippen LogP contribution is 2.38. The summed E-state index contributed by atoms with van der Waals surface area (Å²) in [6, 6.07) is 0.801. The molecule has 2 aliphatic heterocycles. The third-order valence-corrected chi connectivity index (χ3v) is 5.09. The summed E-state index contributed by atoms with van der Waals surface area (Å²) < 4.78 is 5.44. The molecule has 1 saturated carbocycles. The monoisotopic (exact) mass is 238 g/mol. The van der Waals surface area contributed by atoms with Crippen LogP contribution in [0.25, 0.3) is 0 Å². The van der Waals surface area contributed by atoms with Crippen LogP contribution in [-0.2, 0) is 4.74 Å². The maximum absolute atomic E-state index is 5.44. The summed E-state index contributed by atoms with van der Waals surface area (Å²) in [5.41, 5.74) is 0. The maximum Gasteiger partial charge on any atom is 0.0469 e. The minimum Gasteiger partial charge on any atom is -0.381 e. The van der Waals surface area contributed by atoms with E-state index in [9.17, 15) is 0 Å². The van der Waals surface area contributed by atoms with Gasteiger partial charge in [-0.1, -0.05) is 0 Å².